The third-order valence-corrected chi connectivity index (χ3v) is 2.47. The van der Waals surface area contributed by atoms with Crippen molar-refractivity contribution in [2.45, 2.75) is 13.0 Å². The molecule has 1 N–H and O–H groups in total. The maximum Gasteiger partial charge on any atom is 0.246 e. The molecule has 1 rings (SSSR count). The van der Waals surface area contributed by atoms with Gasteiger partial charge in [0.05, 0.1) is 12.7 Å². The summed E-state index contributed by atoms with van der Waals surface area (Å²) in [6.45, 7) is 6.47. The van der Waals surface area contributed by atoms with E-state index in [1.54, 1.807) is 0 Å². The van der Waals surface area contributed by atoms with Gasteiger partial charge in [0, 0.05) is 26.7 Å². The second-order valence-electron chi connectivity index (χ2n) is 3.62. The van der Waals surface area contributed by atoms with E-state index in [2.05, 4.69) is 17.1 Å². The number of ether oxygens (including phenoxy) is 2. The summed E-state index contributed by atoms with van der Waals surface area (Å²) in [4.78, 5) is 13.4. The molecular formula is C10H20N2O3. The van der Waals surface area contributed by atoms with Gasteiger partial charge in [-0.15, -0.1) is 0 Å². The Bertz CT molecular complexity index is 199. The Hall–Kier alpha value is -0.650. The highest BCUT2D eigenvalue weighted by atomic mass is 16.5. The quantitative estimate of drug-likeness (QED) is 0.671. The highest BCUT2D eigenvalue weighted by Crippen LogP contribution is 2.03. The van der Waals surface area contributed by atoms with E-state index in [1.165, 1.54) is 7.11 Å². The molecule has 0 radical (unpaired) electrons. The first kappa shape index (κ1) is 12.4. The monoisotopic (exact) mass is 216 g/mol. The number of hydrogen-bond acceptors (Lipinski definition) is 4. The van der Waals surface area contributed by atoms with Crippen molar-refractivity contribution in [1.29, 1.82) is 0 Å². The molecule has 1 fully saturated rings. The average Bonchev–Trinajstić information content (AvgIpc) is 2.27. The van der Waals surface area contributed by atoms with Crippen molar-refractivity contribution >= 4 is 5.91 Å². The normalized spacial score (nSPS) is 22.7. The fourth-order valence-electron chi connectivity index (χ4n) is 1.60. The van der Waals surface area contributed by atoms with Crippen LogP contribution in [-0.4, -0.2) is 63.4 Å². The minimum atomic E-state index is -0.0882. The van der Waals surface area contributed by atoms with E-state index in [1.807, 2.05) is 0 Å². The fourth-order valence-corrected chi connectivity index (χ4v) is 1.60. The number of nitrogens with one attached hydrogen (secondary N) is 1. The van der Waals surface area contributed by atoms with E-state index in [4.69, 9.17) is 9.47 Å². The summed E-state index contributed by atoms with van der Waals surface area (Å²) in [6, 6.07) is 0. The van der Waals surface area contributed by atoms with Gasteiger partial charge in [-0.05, 0) is 6.54 Å². The van der Waals surface area contributed by atoms with E-state index < -0.39 is 0 Å². The second-order valence-corrected chi connectivity index (χ2v) is 3.62. The molecule has 0 aromatic heterocycles. The summed E-state index contributed by atoms with van der Waals surface area (Å²) in [5, 5.41) is 2.78. The second kappa shape index (κ2) is 6.76. The number of nitrogens with zero attached hydrogens (tertiary/aromatic N) is 1. The van der Waals surface area contributed by atoms with Crippen LogP contribution in [0.15, 0.2) is 0 Å². The number of likely N-dealkylation sites (N-methyl/N-ethyl adjacent to an activating group) is 1. The minimum absolute atomic E-state index is 0.0882. The smallest absolute Gasteiger partial charge is 0.246 e. The van der Waals surface area contributed by atoms with E-state index in [-0.39, 0.29) is 18.6 Å². The topological polar surface area (TPSA) is 50.8 Å². The lowest BCUT2D eigenvalue weighted by Crippen LogP contribution is -2.47. The van der Waals surface area contributed by atoms with Gasteiger partial charge in [-0.2, -0.15) is 0 Å². The highest BCUT2D eigenvalue weighted by molar-refractivity contribution is 5.77. The summed E-state index contributed by atoms with van der Waals surface area (Å²) in [5.41, 5.74) is 0. The van der Waals surface area contributed by atoms with Gasteiger partial charge in [0.15, 0.2) is 0 Å². The van der Waals surface area contributed by atoms with Crippen LogP contribution in [0.1, 0.15) is 6.92 Å². The predicted octanol–water partition coefficient (Wildman–Crippen LogP) is -0.530. The van der Waals surface area contributed by atoms with Crippen LogP contribution in [0.4, 0.5) is 0 Å². The molecule has 1 amide bonds. The molecule has 1 saturated heterocycles. The SMILES string of the molecule is CCN1CCOC(CNC(=O)COC)C1. The summed E-state index contributed by atoms with van der Waals surface area (Å²) < 4.78 is 10.3. The number of morpholine rings is 1. The standard InChI is InChI=1S/C10H20N2O3/c1-3-12-4-5-15-9(7-12)6-11-10(13)8-14-2/h9H,3-8H2,1-2H3,(H,11,13). The maximum absolute atomic E-state index is 11.1. The molecule has 5 heteroatoms. The predicted molar refractivity (Wildman–Crippen MR) is 56.7 cm³/mol. The van der Waals surface area contributed by atoms with E-state index >= 15 is 0 Å². The third kappa shape index (κ3) is 4.59. The van der Waals surface area contributed by atoms with Crippen molar-refractivity contribution in [2.24, 2.45) is 0 Å². The molecular weight excluding hydrogens is 196 g/mol. The van der Waals surface area contributed by atoms with E-state index in [0.717, 1.165) is 26.2 Å². The Morgan fingerprint density at radius 3 is 3.13 bits per heavy atom. The van der Waals surface area contributed by atoms with Crippen LogP contribution in [0.3, 0.4) is 0 Å². The first-order valence-corrected chi connectivity index (χ1v) is 5.35. The summed E-state index contributed by atoms with van der Waals surface area (Å²) in [5.74, 6) is -0.0882. The van der Waals surface area contributed by atoms with Crippen molar-refractivity contribution in [2.75, 3.05) is 46.5 Å². The fraction of sp³-hybridized carbons (Fsp3) is 0.900. The number of rotatable bonds is 5. The Labute approximate surface area is 90.7 Å². The average molecular weight is 216 g/mol. The Morgan fingerprint density at radius 2 is 2.47 bits per heavy atom. The number of hydrogen-bond donors (Lipinski definition) is 1. The molecule has 0 aromatic rings. The first-order valence-electron chi connectivity index (χ1n) is 5.35. The van der Waals surface area contributed by atoms with Gasteiger partial charge in [0.1, 0.15) is 6.61 Å². The Kier molecular flexibility index (Phi) is 5.60. The number of carbonyl (C=O) groups is 1. The molecule has 1 heterocycles. The lowest BCUT2D eigenvalue weighted by atomic mass is 10.2. The molecule has 0 spiro atoms. The van der Waals surface area contributed by atoms with Gasteiger partial charge >= 0.3 is 0 Å². The van der Waals surface area contributed by atoms with Crippen LogP contribution in [0.25, 0.3) is 0 Å². The van der Waals surface area contributed by atoms with E-state index in [0.29, 0.717) is 6.54 Å². The molecule has 15 heavy (non-hydrogen) atoms. The van der Waals surface area contributed by atoms with Crippen molar-refractivity contribution in [3.8, 4) is 0 Å². The number of methoxy groups -OCH3 is 1. The minimum Gasteiger partial charge on any atom is -0.375 e. The largest absolute Gasteiger partial charge is 0.375 e. The van der Waals surface area contributed by atoms with Crippen LogP contribution in [0.2, 0.25) is 0 Å². The molecule has 1 atom stereocenters. The molecule has 0 aliphatic carbocycles. The van der Waals surface area contributed by atoms with Crippen LogP contribution < -0.4 is 5.32 Å². The zero-order valence-corrected chi connectivity index (χ0v) is 9.49. The zero-order chi connectivity index (χ0) is 11.1. The molecule has 0 bridgehead atoms. The maximum atomic E-state index is 11.1. The number of amides is 1. The van der Waals surface area contributed by atoms with Crippen molar-refractivity contribution in [3.05, 3.63) is 0 Å². The van der Waals surface area contributed by atoms with Crippen LogP contribution in [0, 0.1) is 0 Å². The highest BCUT2D eigenvalue weighted by Gasteiger charge is 2.19. The van der Waals surface area contributed by atoms with Gasteiger partial charge in [0.25, 0.3) is 0 Å². The lowest BCUT2D eigenvalue weighted by Gasteiger charge is -2.32. The zero-order valence-electron chi connectivity index (χ0n) is 9.49. The third-order valence-electron chi connectivity index (χ3n) is 2.47. The van der Waals surface area contributed by atoms with E-state index in [9.17, 15) is 4.79 Å². The molecule has 88 valence electrons. The molecule has 1 aliphatic heterocycles. The first-order chi connectivity index (χ1) is 7.26. The number of carbonyl (C=O) groups excluding carboxylic acids is 1. The van der Waals surface area contributed by atoms with Crippen LogP contribution in [-0.2, 0) is 14.3 Å². The van der Waals surface area contributed by atoms with Gasteiger partial charge in [0.2, 0.25) is 5.91 Å². The lowest BCUT2D eigenvalue weighted by molar-refractivity contribution is -0.125. The van der Waals surface area contributed by atoms with Gasteiger partial charge in [-0.3, -0.25) is 9.69 Å². The molecule has 1 unspecified atom stereocenters. The Balaban J connectivity index is 2.17. The molecule has 0 saturated carbocycles. The van der Waals surface area contributed by atoms with Gasteiger partial charge < -0.3 is 14.8 Å². The van der Waals surface area contributed by atoms with Crippen LogP contribution in [0.5, 0.6) is 0 Å². The molecule has 1 aliphatic rings. The van der Waals surface area contributed by atoms with Crippen LogP contribution >= 0.6 is 0 Å². The van der Waals surface area contributed by atoms with Crippen molar-refractivity contribution < 1.29 is 14.3 Å². The van der Waals surface area contributed by atoms with Gasteiger partial charge in [-0.1, -0.05) is 6.92 Å². The summed E-state index contributed by atoms with van der Waals surface area (Å²) in [6.07, 6.45) is 0.111. The summed E-state index contributed by atoms with van der Waals surface area (Å²) >= 11 is 0. The molecule has 5 nitrogen and oxygen atoms in total. The van der Waals surface area contributed by atoms with Crippen molar-refractivity contribution in [1.82, 2.24) is 10.2 Å². The summed E-state index contributed by atoms with van der Waals surface area (Å²) in [7, 11) is 1.51. The van der Waals surface area contributed by atoms with Gasteiger partial charge in [-0.25, -0.2) is 0 Å². The Morgan fingerprint density at radius 1 is 1.67 bits per heavy atom. The van der Waals surface area contributed by atoms with Crippen molar-refractivity contribution in [3.63, 3.8) is 0 Å². The molecule has 0 aromatic carbocycles.